The Kier molecular flexibility index (Phi) is 3.76. The fourth-order valence-corrected chi connectivity index (χ4v) is 2.31. The van der Waals surface area contributed by atoms with Gasteiger partial charge in [0.15, 0.2) is 0 Å². The Morgan fingerprint density at radius 2 is 1.70 bits per heavy atom. The van der Waals surface area contributed by atoms with E-state index in [1.165, 1.54) is 0 Å². The average Bonchev–Trinajstić information content (AvgIpc) is 2.25. The number of hydrogen-bond donors (Lipinski definition) is 1. The van der Waals surface area contributed by atoms with Crippen LogP contribution in [-0.4, -0.2) is 9.55 Å². The number of nitrogens with zero attached hydrogens (tertiary/aromatic N) is 1. The second kappa shape index (κ2) is 5.20. The first kappa shape index (κ1) is 14.5. The second-order valence-electron chi connectivity index (χ2n) is 4.58. The van der Waals surface area contributed by atoms with Gasteiger partial charge in [-0.1, -0.05) is 25.4 Å². The van der Waals surface area contributed by atoms with Gasteiger partial charge in [-0.3, -0.25) is 9.78 Å². The Morgan fingerprint density at radius 1 is 1.15 bits per heavy atom. The lowest BCUT2D eigenvalue weighted by Crippen LogP contribution is -2.36. The van der Waals surface area contributed by atoms with Crippen molar-refractivity contribution in [2.24, 2.45) is 0 Å². The zero-order valence-electron chi connectivity index (χ0n) is 10.7. The van der Waals surface area contributed by atoms with E-state index in [2.05, 4.69) is 4.98 Å². The number of rotatable bonds is 2. The molecule has 1 heterocycles. The van der Waals surface area contributed by atoms with Gasteiger partial charge in [-0.15, -0.1) is 0 Å². The Morgan fingerprint density at radius 3 is 2.20 bits per heavy atom. The molecule has 20 heavy (non-hydrogen) atoms. The minimum atomic E-state index is -0.882. The highest BCUT2D eigenvalue weighted by Crippen LogP contribution is 2.18. The van der Waals surface area contributed by atoms with E-state index < -0.39 is 22.9 Å². The molecule has 0 aliphatic rings. The van der Waals surface area contributed by atoms with E-state index >= 15 is 0 Å². The normalized spacial score (nSPS) is 11.1. The van der Waals surface area contributed by atoms with Gasteiger partial charge in [0.2, 0.25) is 0 Å². The van der Waals surface area contributed by atoms with Crippen LogP contribution in [0.2, 0.25) is 5.15 Å². The number of benzene rings is 1. The number of nitrogens with one attached hydrogen (secondary N) is 1. The summed E-state index contributed by atoms with van der Waals surface area (Å²) in [5, 5.41) is -0.0666. The van der Waals surface area contributed by atoms with Gasteiger partial charge in [0.05, 0.1) is 11.3 Å². The van der Waals surface area contributed by atoms with Crippen LogP contribution in [0.3, 0.4) is 0 Å². The van der Waals surface area contributed by atoms with E-state index in [4.69, 9.17) is 11.6 Å². The number of hydrogen-bond acceptors (Lipinski definition) is 2. The minimum Gasteiger partial charge on any atom is -0.297 e. The maximum atomic E-state index is 13.2. The van der Waals surface area contributed by atoms with Gasteiger partial charge in [0, 0.05) is 6.07 Å². The van der Waals surface area contributed by atoms with E-state index in [1.807, 2.05) is 0 Å². The van der Waals surface area contributed by atoms with Crippen molar-refractivity contribution in [3.8, 4) is 5.69 Å². The first-order valence-electron chi connectivity index (χ1n) is 5.82. The van der Waals surface area contributed by atoms with Gasteiger partial charge in [-0.25, -0.2) is 18.1 Å². The lowest BCUT2D eigenvalue weighted by atomic mass is 10.1. The van der Waals surface area contributed by atoms with Crippen LogP contribution in [0, 0.1) is 11.6 Å². The average molecular weight is 301 g/mol. The first-order chi connectivity index (χ1) is 9.31. The van der Waals surface area contributed by atoms with Crippen LogP contribution in [0.1, 0.15) is 25.3 Å². The van der Waals surface area contributed by atoms with E-state index in [0.29, 0.717) is 10.6 Å². The molecule has 0 aliphatic carbocycles. The van der Waals surface area contributed by atoms with E-state index in [1.54, 1.807) is 13.8 Å². The van der Waals surface area contributed by atoms with Gasteiger partial charge in [0.25, 0.3) is 5.56 Å². The molecule has 0 unspecified atom stereocenters. The summed E-state index contributed by atoms with van der Waals surface area (Å²) in [5.41, 5.74) is -1.56. The summed E-state index contributed by atoms with van der Waals surface area (Å²) in [7, 11) is 0. The molecular weight excluding hydrogens is 290 g/mol. The standard InChI is InChI=1S/C13H11ClF2N2O2/c1-6(2)10-11(14)17-13(20)18(12(10)19)9-4-7(15)3-8(16)5-9/h3-6H,1-2H3,(H,17,20). The molecule has 0 atom stereocenters. The van der Waals surface area contributed by atoms with Gasteiger partial charge >= 0.3 is 5.69 Å². The van der Waals surface area contributed by atoms with Crippen LogP contribution < -0.4 is 11.2 Å². The molecule has 0 saturated heterocycles. The maximum absolute atomic E-state index is 13.2. The zero-order chi connectivity index (χ0) is 15.0. The molecular formula is C13H11ClF2N2O2. The summed E-state index contributed by atoms with van der Waals surface area (Å²) in [5.74, 6) is -2.02. The molecule has 0 amide bonds. The van der Waals surface area contributed by atoms with Crippen molar-refractivity contribution in [3.05, 3.63) is 61.4 Å². The van der Waals surface area contributed by atoms with Crippen molar-refractivity contribution in [3.63, 3.8) is 0 Å². The first-order valence-corrected chi connectivity index (χ1v) is 6.20. The molecule has 1 aromatic heterocycles. The van der Waals surface area contributed by atoms with Gasteiger partial charge in [-0.05, 0) is 18.1 Å². The Balaban J connectivity index is 2.84. The smallest absolute Gasteiger partial charge is 0.297 e. The lowest BCUT2D eigenvalue weighted by Gasteiger charge is -2.11. The number of H-pyrrole nitrogens is 1. The van der Waals surface area contributed by atoms with Crippen LogP contribution in [0.15, 0.2) is 27.8 Å². The van der Waals surface area contributed by atoms with E-state index in [-0.39, 0.29) is 22.3 Å². The van der Waals surface area contributed by atoms with Crippen molar-refractivity contribution in [2.75, 3.05) is 0 Å². The fourth-order valence-electron chi connectivity index (χ4n) is 1.93. The number of halogens is 3. The fraction of sp³-hybridized carbons (Fsp3) is 0.231. The molecule has 2 rings (SSSR count). The molecule has 7 heteroatoms. The largest absolute Gasteiger partial charge is 0.334 e. The van der Waals surface area contributed by atoms with Crippen molar-refractivity contribution < 1.29 is 8.78 Å². The Bertz CT molecular complexity index is 761. The molecule has 2 aromatic rings. The van der Waals surface area contributed by atoms with Gasteiger partial charge in [-0.2, -0.15) is 0 Å². The summed E-state index contributed by atoms with van der Waals surface area (Å²) in [6.45, 7) is 3.44. The highest BCUT2D eigenvalue weighted by Gasteiger charge is 2.17. The minimum absolute atomic E-state index is 0.0666. The highest BCUT2D eigenvalue weighted by molar-refractivity contribution is 6.30. The summed E-state index contributed by atoms with van der Waals surface area (Å²) >= 11 is 5.83. The zero-order valence-corrected chi connectivity index (χ0v) is 11.5. The molecule has 0 bridgehead atoms. The Labute approximate surface area is 117 Å². The van der Waals surface area contributed by atoms with E-state index in [0.717, 1.165) is 12.1 Å². The van der Waals surface area contributed by atoms with Crippen LogP contribution in [-0.2, 0) is 0 Å². The topological polar surface area (TPSA) is 54.9 Å². The monoisotopic (exact) mass is 300 g/mol. The summed E-state index contributed by atoms with van der Waals surface area (Å²) in [4.78, 5) is 26.4. The van der Waals surface area contributed by atoms with Crippen molar-refractivity contribution in [1.82, 2.24) is 9.55 Å². The van der Waals surface area contributed by atoms with Crippen molar-refractivity contribution in [1.29, 1.82) is 0 Å². The molecule has 0 radical (unpaired) electrons. The SMILES string of the molecule is CC(C)c1c(Cl)[nH]c(=O)n(-c2cc(F)cc(F)c2)c1=O. The van der Waals surface area contributed by atoms with Crippen LogP contribution in [0.5, 0.6) is 0 Å². The molecule has 0 saturated carbocycles. The second-order valence-corrected chi connectivity index (χ2v) is 4.96. The summed E-state index contributed by atoms with van der Waals surface area (Å²) in [6.07, 6.45) is 0. The number of aromatic amines is 1. The van der Waals surface area contributed by atoms with Crippen LogP contribution in [0.25, 0.3) is 5.69 Å². The molecule has 0 spiro atoms. The van der Waals surface area contributed by atoms with Crippen LogP contribution in [0.4, 0.5) is 8.78 Å². The third-order valence-corrected chi connectivity index (χ3v) is 3.07. The molecule has 1 aromatic carbocycles. The quantitative estimate of drug-likeness (QED) is 0.867. The lowest BCUT2D eigenvalue weighted by molar-refractivity contribution is 0.580. The highest BCUT2D eigenvalue weighted by atomic mass is 35.5. The third-order valence-electron chi connectivity index (χ3n) is 2.77. The molecule has 1 N–H and O–H groups in total. The third kappa shape index (κ3) is 2.51. The van der Waals surface area contributed by atoms with E-state index in [9.17, 15) is 18.4 Å². The predicted octanol–water partition coefficient (Wildman–Crippen LogP) is 2.58. The molecule has 106 valence electrons. The van der Waals surface area contributed by atoms with Crippen LogP contribution >= 0.6 is 11.6 Å². The van der Waals surface area contributed by atoms with Crippen molar-refractivity contribution in [2.45, 2.75) is 19.8 Å². The number of aromatic nitrogens is 2. The molecule has 0 fully saturated rings. The summed E-state index contributed by atoms with van der Waals surface area (Å²) < 4.78 is 27.1. The van der Waals surface area contributed by atoms with Gasteiger partial charge in [0.1, 0.15) is 16.8 Å². The molecule has 0 aliphatic heterocycles. The Hall–Kier alpha value is -1.95. The van der Waals surface area contributed by atoms with Gasteiger partial charge < -0.3 is 0 Å². The maximum Gasteiger partial charge on any atom is 0.334 e. The predicted molar refractivity (Wildman–Crippen MR) is 71.7 cm³/mol. The van der Waals surface area contributed by atoms with Crippen molar-refractivity contribution >= 4 is 11.6 Å². The summed E-state index contributed by atoms with van der Waals surface area (Å²) in [6, 6.07) is 2.46. The molecule has 4 nitrogen and oxygen atoms in total.